The lowest BCUT2D eigenvalue weighted by Gasteiger charge is -2.09. The van der Waals surface area contributed by atoms with Gasteiger partial charge in [-0.1, -0.05) is 41.6 Å². The van der Waals surface area contributed by atoms with Crippen LogP contribution in [0, 0.1) is 0 Å². The van der Waals surface area contributed by atoms with Crippen molar-refractivity contribution in [1.29, 1.82) is 0 Å². The van der Waals surface area contributed by atoms with Crippen LogP contribution in [0.1, 0.15) is 18.6 Å². The number of halogens is 2. The van der Waals surface area contributed by atoms with Crippen molar-refractivity contribution < 1.29 is 5.11 Å². The van der Waals surface area contributed by atoms with Crippen molar-refractivity contribution in [3.8, 4) is 0 Å². The van der Waals surface area contributed by atoms with E-state index >= 15 is 0 Å². The molecule has 0 saturated carbocycles. The van der Waals surface area contributed by atoms with Crippen LogP contribution < -0.4 is 0 Å². The van der Waals surface area contributed by atoms with Gasteiger partial charge in [-0.2, -0.15) is 0 Å². The summed E-state index contributed by atoms with van der Waals surface area (Å²) in [4.78, 5) is 2.19. The number of hydrogen-bond donors (Lipinski definition) is 1. The van der Waals surface area contributed by atoms with Crippen LogP contribution in [-0.2, 0) is 0 Å². The molecule has 4 heteroatoms. The van der Waals surface area contributed by atoms with Crippen LogP contribution >= 0.6 is 39.3 Å². The molecule has 0 saturated heterocycles. The molecule has 0 fully saturated rings. The Morgan fingerprint density at radius 3 is 2.56 bits per heavy atom. The lowest BCUT2D eigenvalue weighted by molar-refractivity contribution is 0.199. The van der Waals surface area contributed by atoms with E-state index in [1.165, 1.54) is 0 Å². The Hall–Kier alpha value is -0.480. The van der Waals surface area contributed by atoms with Crippen LogP contribution in [0.15, 0.2) is 56.7 Å². The highest BCUT2D eigenvalue weighted by atomic mass is 79.9. The molecule has 0 heterocycles. The summed E-state index contributed by atoms with van der Waals surface area (Å²) in [6.07, 6.45) is -0.542. The predicted octanol–water partition coefficient (Wildman–Crippen LogP) is 5.31. The maximum absolute atomic E-state index is 9.53. The third kappa shape index (κ3) is 3.29. The van der Waals surface area contributed by atoms with E-state index in [-0.39, 0.29) is 0 Å². The number of hydrogen-bond acceptors (Lipinski definition) is 2. The topological polar surface area (TPSA) is 20.2 Å². The van der Waals surface area contributed by atoms with E-state index in [9.17, 15) is 5.11 Å². The largest absolute Gasteiger partial charge is 0.389 e. The second-order valence-corrected chi connectivity index (χ2v) is 6.27. The van der Waals surface area contributed by atoms with E-state index in [4.69, 9.17) is 11.6 Å². The van der Waals surface area contributed by atoms with Crippen molar-refractivity contribution in [2.45, 2.75) is 22.8 Å². The van der Waals surface area contributed by atoms with Crippen LogP contribution in [0.4, 0.5) is 0 Å². The molecule has 2 rings (SSSR count). The van der Waals surface area contributed by atoms with Gasteiger partial charge in [-0.15, -0.1) is 0 Å². The van der Waals surface area contributed by atoms with Gasteiger partial charge in [0.05, 0.1) is 6.10 Å². The summed E-state index contributed by atoms with van der Waals surface area (Å²) in [7, 11) is 0. The smallest absolute Gasteiger partial charge is 0.0776 e. The van der Waals surface area contributed by atoms with Crippen molar-refractivity contribution >= 4 is 39.3 Å². The fourth-order valence-corrected chi connectivity index (χ4v) is 3.37. The van der Waals surface area contributed by atoms with Crippen molar-refractivity contribution in [3.63, 3.8) is 0 Å². The van der Waals surface area contributed by atoms with Crippen molar-refractivity contribution in [1.82, 2.24) is 0 Å². The van der Waals surface area contributed by atoms with Crippen LogP contribution in [0.5, 0.6) is 0 Å². The standard InChI is InChI=1S/C14H12BrClOS/c1-9(17)11-7-6-10(8-13(11)16)18-14-5-3-2-4-12(14)15/h2-9,17H,1H3. The molecule has 0 aromatic heterocycles. The summed E-state index contributed by atoms with van der Waals surface area (Å²) in [6.45, 7) is 1.71. The summed E-state index contributed by atoms with van der Waals surface area (Å²) < 4.78 is 1.06. The molecule has 1 atom stereocenters. The SMILES string of the molecule is CC(O)c1ccc(Sc2ccccc2Br)cc1Cl. The maximum Gasteiger partial charge on any atom is 0.0776 e. The first-order valence-electron chi connectivity index (χ1n) is 5.48. The van der Waals surface area contributed by atoms with Gasteiger partial charge in [0.15, 0.2) is 0 Å². The zero-order valence-corrected chi connectivity index (χ0v) is 12.9. The Balaban J connectivity index is 2.26. The average Bonchev–Trinajstić information content (AvgIpc) is 2.32. The van der Waals surface area contributed by atoms with E-state index in [2.05, 4.69) is 15.9 Å². The first kappa shape index (κ1) is 13.9. The van der Waals surface area contributed by atoms with Gasteiger partial charge in [-0.3, -0.25) is 0 Å². The van der Waals surface area contributed by atoms with Gasteiger partial charge >= 0.3 is 0 Å². The molecule has 2 aromatic rings. The molecule has 1 nitrogen and oxygen atoms in total. The third-order valence-electron chi connectivity index (χ3n) is 2.49. The Bertz CT molecular complexity index is 557. The van der Waals surface area contributed by atoms with Crippen molar-refractivity contribution in [3.05, 3.63) is 57.5 Å². The quantitative estimate of drug-likeness (QED) is 0.815. The normalized spacial score (nSPS) is 12.4. The molecular formula is C14H12BrClOS. The molecule has 0 bridgehead atoms. The molecule has 0 aliphatic rings. The second kappa shape index (κ2) is 6.11. The monoisotopic (exact) mass is 342 g/mol. The Labute approximate surface area is 124 Å². The highest BCUT2D eigenvalue weighted by Gasteiger charge is 2.08. The Kier molecular flexibility index (Phi) is 4.73. The minimum Gasteiger partial charge on any atom is -0.389 e. The predicted molar refractivity (Wildman–Crippen MR) is 80.4 cm³/mol. The maximum atomic E-state index is 9.53. The third-order valence-corrected chi connectivity index (χ3v) is 4.83. The van der Waals surface area contributed by atoms with Gasteiger partial charge in [0.2, 0.25) is 0 Å². The number of benzene rings is 2. The fourth-order valence-electron chi connectivity index (χ4n) is 1.56. The minimum atomic E-state index is -0.542. The minimum absolute atomic E-state index is 0.542. The molecule has 2 aromatic carbocycles. The second-order valence-electron chi connectivity index (χ2n) is 3.89. The first-order chi connectivity index (χ1) is 8.58. The molecule has 0 radical (unpaired) electrons. The molecule has 94 valence electrons. The van der Waals surface area contributed by atoms with Gasteiger partial charge in [0.1, 0.15) is 0 Å². The lowest BCUT2D eigenvalue weighted by atomic mass is 10.1. The highest BCUT2D eigenvalue weighted by molar-refractivity contribution is 9.10. The van der Waals surface area contributed by atoms with E-state index in [1.54, 1.807) is 18.7 Å². The van der Waals surface area contributed by atoms with Crippen LogP contribution in [0.2, 0.25) is 5.02 Å². The van der Waals surface area contributed by atoms with Gasteiger partial charge in [-0.25, -0.2) is 0 Å². The molecule has 0 aliphatic carbocycles. The molecule has 1 N–H and O–H groups in total. The molecule has 1 unspecified atom stereocenters. The highest BCUT2D eigenvalue weighted by Crippen LogP contribution is 2.35. The summed E-state index contributed by atoms with van der Waals surface area (Å²) in [5.41, 5.74) is 0.758. The fraction of sp³-hybridized carbons (Fsp3) is 0.143. The lowest BCUT2D eigenvalue weighted by Crippen LogP contribution is -1.91. The van der Waals surface area contributed by atoms with Gasteiger partial charge < -0.3 is 5.11 Å². The van der Waals surface area contributed by atoms with Gasteiger partial charge in [0.25, 0.3) is 0 Å². The van der Waals surface area contributed by atoms with Crippen molar-refractivity contribution in [2.75, 3.05) is 0 Å². The number of aliphatic hydroxyl groups is 1. The molecule has 0 amide bonds. The van der Waals surface area contributed by atoms with Crippen LogP contribution in [-0.4, -0.2) is 5.11 Å². The van der Waals surface area contributed by atoms with E-state index in [1.807, 2.05) is 42.5 Å². The Morgan fingerprint density at radius 1 is 1.22 bits per heavy atom. The Morgan fingerprint density at radius 2 is 1.94 bits per heavy atom. The zero-order chi connectivity index (χ0) is 13.1. The van der Waals surface area contributed by atoms with E-state index in [0.29, 0.717) is 5.02 Å². The average molecular weight is 344 g/mol. The summed E-state index contributed by atoms with van der Waals surface area (Å²) in [5.74, 6) is 0. The number of rotatable bonds is 3. The van der Waals surface area contributed by atoms with Gasteiger partial charge in [0, 0.05) is 19.3 Å². The molecule has 0 spiro atoms. The number of aliphatic hydroxyl groups excluding tert-OH is 1. The summed E-state index contributed by atoms with van der Waals surface area (Å²) >= 11 is 11.3. The van der Waals surface area contributed by atoms with Crippen LogP contribution in [0.25, 0.3) is 0 Å². The van der Waals surface area contributed by atoms with Crippen molar-refractivity contribution in [2.24, 2.45) is 0 Å². The molecular weight excluding hydrogens is 332 g/mol. The summed E-state index contributed by atoms with van der Waals surface area (Å²) in [6, 6.07) is 13.8. The van der Waals surface area contributed by atoms with E-state index in [0.717, 1.165) is 19.8 Å². The first-order valence-corrected chi connectivity index (χ1v) is 7.46. The molecule has 0 aliphatic heterocycles. The molecule has 18 heavy (non-hydrogen) atoms. The van der Waals surface area contributed by atoms with Crippen LogP contribution in [0.3, 0.4) is 0 Å². The summed E-state index contributed by atoms with van der Waals surface area (Å²) in [5, 5.41) is 10.1. The zero-order valence-electron chi connectivity index (χ0n) is 9.73. The van der Waals surface area contributed by atoms with Gasteiger partial charge in [-0.05, 0) is 52.7 Å². The van der Waals surface area contributed by atoms with E-state index < -0.39 is 6.10 Å².